The molecule has 4 aromatic rings. The molecular weight excluding hydrogens is 336 g/mol. The number of aryl methyl sites for hydroxylation is 1. The topological polar surface area (TPSA) is 59.3 Å². The van der Waals surface area contributed by atoms with Gasteiger partial charge in [-0.25, -0.2) is 4.98 Å². The van der Waals surface area contributed by atoms with Gasteiger partial charge in [-0.1, -0.05) is 36.4 Å². The summed E-state index contributed by atoms with van der Waals surface area (Å²) in [6, 6.07) is 19.6. The van der Waals surface area contributed by atoms with Crippen LogP contribution in [-0.2, 0) is 6.42 Å². The molecule has 0 aliphatic carbocycles. The quantitative estimate of drug-likeness (QED) is 0.593. The van der Waals surface area contributed by atoms with Gasteiger partial charge in [0.05, 0.1) is 22.6 Å². The molecule has 5 nitrogen and oxygen atoms in total. The van der Waals surface area contributed by atoms with E-state index in [1.807, 2.05) is 84.4 Å². The first kappa shape index (κ1) is 17.0. The van der Waals surface area contributed by atoms with Crippen molar-refractivity contribution in [3.05, 3.63) is 90.0 Å². The Balaban J connectivity index is 1.40. The van der Waals surface area contributed by atoms with Crippen LogP contribution in [0.5, 0.6) is 0 Å². The average molecular weight is 356 g/mol. The lowest BCUT2D eigenvalue weighted by Gasteiger charge is -2.08. The maximum absolute atomic E-state index is 12.5. The summed E-state index contributed by atoms with van der Waals surface area (Å²) in [5.74, 6) is -0.108. The van der Waals surface area contributed by atoms with Crippen LogP contribution in [-0.4, -0.2) is 26.8 Å². The number of benzene rings is 1. The number of aromatic nitrogens is 3. The molecular formula is C22H20N4O. The van der Waals surface area contributed by atoms with Gasteiger partial charge >= 0.3 is 0 Å². The van der Waals surface area contributed by atoms with Gasteiger partial charge in [-0.2, -0.15) is 0 Å². The molecule has 0 atom stereocenters. The van der Waals surface area contributed by atoms with Crippen LogP contribution in [0.2, 0.25) is 0 Å². The number of nitrogens with zero attached hydrogens (tertiary/aromatic N) is 3. The highest BCUT2D eigenvalue weighted by molar-refractivity contribution is 5.95. The van der Waals surface area contributed by atoms with Gasteiger partial charge in [0.2, 0.25) is 0 Å². The summed E-state index contributed by atoms with van der Waals surface area (Å²) in [5, 5.41) is 2.96. The zero-order valence-corrected chi connectivity index (χ0v) is 15.1. The molecule has 1 aromatic carbocycles. The Bertz CT molecular complexity index is 1050. The van der Waals surface area contributed by atoms with Crippen molar-refractivity contribution in [2.75, 3.05) is 6.54 Å². The molecule has 0 bridgehead atoms. The van der Waals surface area contributed by atoms with E-state index in [0.29, 0.717) is 18.5 Å². The second kappa shape index (κ2) is 7.41. The molecule has 3 aromatic heterocycles. The molecule has 0 spiro atoms. The smallest absolute Gasteiger partial charge is 0.253 e. The maximum atomic E-state index is 12.5. The fourth-order valence-electron chi connectivity index (χ4n) is 3.08. The van der Waals surface area contributed by atoms with Crippen LogP contribution in [0, 0.1) is 6.92 Å². The third-order valence-corrected chi connectivity index (χ3v) is 4.48. The predicted molar refractivity (Wildman–Crippen MR) is 106 cm³/mol. The van der Waals surface area contributed by atoms with E-state index in [9.17, 15) is 4.79 Å². The summed E-state index contributed by atoms with van der Waals surface area (Å²) < 4.78 is 1.98. The fraction of sp³-hybridized carbons (Fsp3) is 0.136. The van der Waals surface area contributed by atoms with Crippen molar-refractivity contribution in [3.63, 3.8) is 0 Å². The second-order valence-electron chi connectivity index (χ2n) is 6.40. The number of fused-ring (bicyclic) bond motifs is 1. The average Bonchev–Trinajstić information content (AvgIpc) is 3.11. The third-order valence-electron chi connectivity index (χ3n) is 4.48. The molecule has 1 amide bonds. The first-order valence-corrected chi connectivity index (χ1v) is 8.94. The minimum atomic E-state index is -0.108. The highest BCUT2D eigenvalue weighted by Crippen LogP contribution is 2.18. The molecule has 0 fully saturated rings. The Morgan fingerprint density at radius 2 is 1.81 bits per heavy atom. The van der Waals surface area contributed by atoms with Crippen molar-refractivity contribution in [1.29, 1.82) is 0 Å². The van der Waals surface area contributed by atoms with E-state index in [1.54, 1.807) is 0 Å². The summed E-state index contributed by atoms with van der Waals surface area (Å²) in [4.78, 5) is 21.6. The molecule has 134 valence electrons. The van der Waals surface area contributed by atoms with Crippen LogP contribution < -0.4 is 5.32 Å². The fourth-order valence-corrected chi connectivity index (χ4v) is 3.08. The van der Waals surface area contributed by atoms with Crippen molar-refractivity contribution < 1.29 is 4.79 Å². The predicted octanol–water partition coefficient (Wildman–Crippen LogP) is 3.68. The number of hydrogen-bond donors (Lipinski definition) is 1. The van der Waals surface area contributed by atoms with E-state index in [0.717, 1.165) is 28.3 Å². The SMILES string of the molecule is Cc1nc(-c2ccccc2)ccc1C(=O)NCCc1cn2ccccc2n1. The van der Waals surface area contributed by atoms with E-state index < -0.39 is 0 Å². The summed E-state index contributed by atoms with van der Waals surface area (Å²) in [6.45, 7) is 2.39. The van der Waals surface area contributed by atoms with Crippen LogP contribution >= 0.6 is 0 Å². The molecule has 0 aliphatic heterocycles. The molecule has 0 saturated carbocycles. The van der Waals surface area contributed by atoms with Crippen LogP contribution in [0.4, 0.5) is 0 Å². The minimum Gasteiger partial charge on any atom is -0.352 e. The number of amides is 1. The van der Waals surface area contributed by atoms with Crippen LogP contribution in [0.15, 0.2) is 73.1 Å². The van der Waals surface area contributed by atoms with E-state index in [4.69, 9.17) is 0 Å². The lowest BCUT2D eigenvalue weighted by molar-refractivity contribution is 0.0953. The second-order valence-corrected chi connectivity index (χ2v) is 6.40. The Hall–Kier alpha value is -3.47. The summed E-state index contributed by atoms with van der Waals surface area (Å²) in [7, 11) is 0. The standard InChI is InChI=1S/C22H20N4O/c1-16-19(10-11-20(24-16)17-7-3-2-4-8-17)22(27)23-13-12-18-15-26-14-6-5-9-21(26)25-18/h2-11,14-15H,12-13H2,1H3,(H,23,27). The molecule has 0 aliphatic rings. The van der Waals surface area contributed by atoms with E-state index in [1.165, 1.54) is 0 Å². The van der Waals surface area contributed by atoms with Crippen LogP contribution in [0.3, 0.4) is 0 Å². The molecule has 3 heterocycles. The van der Waals surface area contributed by atoms with Gasteiger partial charge in [0.1, 0.15) is 5.65 Å². The highest BCUT2D eigenvalue weighted by Gasteiger charge is 2.11. The number of carbonyl (C=O) groups is 1. The first-order chi connectivity index (χ1) is 13.2. The van der Waals surface area contributed by atoms with Crippen molar-refractivity contribution >= 4 is 11.6 Å². The van der Waals surface area contributed by atoms with Crippen LogP contribution in [0.1, 0.15) is 21.7 Å². The molecule has 4 rings (SSSR count). The van der Waals surface area contributed by atoms with Gasteiger partial charge in [0.25, 0.3) is 5.91 Å². The van der Waals surface area contributed by atoms with E-state index in [-0.39, 0.29) is 5.91 Å². The Morgan fingerprint density at radius 3 is 2.59 bits per heavy atom. The molecule has 0 radical (unpaired) electrons. The lowest BCUT2D eigenvalue weighted by Crippen LogP contribution is -2.26. The lowest BCUT2D eigenvalue weighted by atomic mass is 10.1. The zero-order valence-electron chi connectivity index (χ0n) is 15.1. The van der Waals surface area contributed by atoms with Gasteiger partial charge in [-0.05, 0) is 31.2 Å². The minimum absolute atomic E-state index is 0.108. The Kier molecular flexibility index (Phi) is 4.66. The van der Waals surface area contributed by atoms with Crippen molar-refractivity contribution in [1.82, 2.24) is 19.7 Å². The number of hydrogen-bond acceptors (Lipinski definition) is 3. The van der Waals surface area contributed by atoms with Gasteiger partial charge in [0, 0.05) is 30.9 Å². The van der Waals surface area contributed by atoms with E-state index >= 15 is 0 Å². The van der Waals surface area contributed by atoms with Crippen LogP contribution in [0.25, 0.3) is 16.9 Å². The first-order valence-electron chi connectivity index (χ1n) is 8.94. The molecule has 1 N–H and O–H groups in total. The van der Waals surface area contributed by atoms with Crippen molar-refractivity contribution in [3.8, 4) is 11.3 Å². The van der Waals surface area contributed by atoms with E-state index in [2.05, 4.69) is 15.3 Å². The summed E-state index contributed by atoms with van der Waals surface area (Å²) in [6.07, 6.45) is 4.64. The van der Waals surface area contributed by atoms with Gasteiger partial charge < -0.3 is 9.72 Å². The third kappa shape index (κ3) is 3.72. The summed E-state index contributed by atoms with van der Waals surface area (Å²) >= 11 is 0. The Labute approximate surface area is 157 Å². The number of nitrogens with one attached hydrogen (secondary N) is 1. The van der Waals surface area contributed by atoms with Crippen molar-refractivity contribution in [2.45, 2.75) is 13.3 Å². The summed E-state index contributed by atoms with van der Waals surface area (Å²) in [5.41, 5.74) is 5.10. The van der Waals surface area contributed by atoms with Crippen molar-refractivity contribution in [2.24, 2.45) is 0 Å². The molecule has 0 unspecified atom stereocenters. The molecule has 27 heavy (non-hydrogen) atoms. The number of carbonyl (C=O) groups excluding carboxylic acids is 1. The van der Waals surface area contributed by atoms with Gasteiger partial charge in [-0.15, -0.1) is 0 Å². The highest BCUT2D eigenvalue weighted by atomic mass is 16.1. The number of rotatable bonds is 5. The molecule has 5 heteroatoms. The van der Waals surface area contributed by atoms with Gasteiger partial charge in [-0.3, -0.25) is 9.78 Å². The zero-order chi connectivity index (χ0) is 18.6. The normalized spacial score (nSPS) is 10.9. The monoisotopic (exact) mass is 356 g/mol. The number of imidazole rings is 1. The molecule has 0 saturated heterocycles. The largest absolute Gasteiger partial charge is 0.352 e. The number of pyridine rings is 2. The maximum Gasteiger partial charge on any atom is 0.253 e. The Morgan fingerprint density at radius 1 is 1.00 bits per heavy atom. The van der Waals surface area contributed by atoms with Gasteiger partial charge in [0.15, 0.2) is 0 Å².